The van der Waals surface area contributed by atoms with Gasteiger partial charge in [0.25, 0.3) is 11.5 Å². The van der Waals surface area contributed by atoms with E-state index >= 15 is 0 Å². The van der Waals surface area contributed by atoms with Crippen molar-refractivity contribution >= 4 is 11.6 Å². The van der Waals surface area contributed by atoms with Crippen LogP contribution in [0.1, 0.15) is 33.6 Å². The van der Waals surface area contributed by atoms with Crippen LogP contribution in [0.25, 0.3) is 5.65 Å². The van der Waals surface area contributed by atoms with E-state index in [1.807, 2.05) is 6.07 Å². The molecular formula is C19H18FN5O2. The average Bonchev–Trinajstić information content (AvgIpc) is 3.07. The number of hydrogen-bond donors (Lipinski definition) is 1. The van der Waals surface area contributed by atoms with Crippen molar-refractivity contribution in [3.63, 3.8) is 0 Å². The number of fused-ring (bicyclic) bond motifs is 1. The van der Waals surface area contributed by atoms with Gasteiger partial charge < -0.3 is 4.90 Å². The van der Waals surface area contributed by atoms with Crippen molar-refractivity contribution in [3.05, 3.63) is 69.0 Å². The van der Waals surface area contributed by atoms with Crippen molar-refractivity contribution in [3.8, 4) is 6.07 Å². The Morgan fingerprint density at radius 2 is 2.07 bits per heavy atom. The topological polar surface area (TPSA) is 94.3 Å². The number of rotatable bonds is 5. The molecule has 0 saturated heterocycles. The van der Waals surface area contributed by atoms with E-state index in [9.17, 15) is 14.0 Å². The molecule has 0 aliphatic rings. The molecule has 0 bridgehead atoms. The summed E-state index contributed by atoms with van der Waals surface area (Å²) in [6.45, 7) is 2.00. The number of nitrogens with zero attached hydrogens (tertiary/aromatic N) is 4. The number of amides is 1. The Bertz CT molecular complexity index is 1090. The molecule has 0 fully saturated rings. The Morgan fingerprint density at radius 1 is 1.37 bits per heavy atom. The van der Waals surface area contributed by atoms with Gasteiger partial charge in [-0.3, -0.25) is 14.7 Å². The maximum atomic E-state index is 13.1. The fraction of sp³-hybridized carbons (Fsp3) is 0.263. The van der Waals surface area contributed by atoms with Gasteiger partial charge in [0.15, 0.2) is 5.65 Å². The standard InChI is InChI=1S/C19H18FN5O2/c1-12-15(10-13-4-6-14(20)7-5-13)19(27)25-17(23-12)16(11-22-25)18(26)24(2)9-3-8-21/h4-7,11,22H,3,9-10H2,1-2H3. The van der Waals surface area contributed by atoms with Crippen LogP contribution < -0.4 is 5.56 Å². The van der Waals surface area contributed by atoms with Gasteiger partial charge in [-0.05, 0) is 24.6 Å². The van der Waals surface area contributed by atoms with Gasteiger partial charge in [-0.25, -0.2) is 13.9 Å². The van der Waals surface area contributed by atoms with Crippen molar-refractivity contribution < 1.29 is 9.18 Å². The van der Waals surface area contributed by atoms with Gasteiger partial charge in [-0.15, -0.1) is 0 Å². The molecule has 27 heavy (non-hydrogen) atoms. The summed E-state index contributed by atoms with van der Waals surface area (Å²) in [4.78, 5) is 31.3. The van der Waals surface area contributed by atoms with Crippen molar-refractivity contribution in [2.75, 3.05) is 13.6 Å². The van der Waals surface area contributed by atoms with E-state index in [1.54, 1.807) is 26.1 Å². The first-order valence-corrected chi connectivity index (χ1v) is 8.39. The number of aromatic amines is 1. The summed E-state index contributed by atoms with van der Waals surface area (Å²) in [6.07, 6.45) is 1.97. The molecule has 0 atom stereocenters. The minimum atomic E-state index is -0.339. The van der Waals surface area contributed by atoms with E-state index in [1.165, 1.54) is 27.7 Å². The van der Waals surface area contributed by atoms with Gasteiger partial charge in [0, 0.05) is 37.5 Å². The SMILES string of the molecule is Cc1nc2c(C(=O)N(C)CCC#N)c[nH]n2c(=O)c1Cc1ccc(F)cc1. The second-order valence-corrected chi connectivity index (χ2v) is 6.27. The molecule has 138 valence electrons. The van der Waals surface area contributed by atoms with Crippen molar-refractivity contribution in [1.29, 1.82) is 5.26 Å². The molecule has 3 rings (SSSR count). The fourth-order valence-corrected chi connectivity index (χ4v) is 2.85. The smallest absolute Gasteiger partial charge is 0.276 e. The molecule has 0 aliphatic heterocycles. The van der Waals surface area contributed by atoms with Gasteiger partial charge in [0.1, 0.15) is 11.4 Å². The summed E-state index contributed by atoms with van der Waals surface area (Å²) >= 11 is 0. The van der Waals surface area contributed by atoms with Crippen LogP contribution in [0.15, 0.2) is 35.3 Å². The third kappa shape index (κ3) is 3.58. The monoisotopic (exact) mass is 367 g/mol. The number of aromatic nitrogens is 3. The normalized spacial score (nSPS) is 10.7. The first-order valence-electron chi connectivity index (χ1n) is 8.39. The number of benzene rings is 1. The Hall–Kier alpha value is -3.47. The Labute approximate surface area is 154 Å². The number of carbonyl (C=O) groups is 1. The maximum absolute atomic E-state index is 13.1. The number of hydrogen-bond acceptors (Lipinski definition) is 4. The summed E-state index contributed by atoms with van der Waals surface area (Å²) < 4.78 is 14.3. The highest BCUT2D eigenvalue weighted by Crippen LogP contribution is 2.14. The molecule has 0 saturated carbocycles. The molecule has 2 heterocycles. The van der Waals surface area contributed by atoms with E-state index in [0.29, 0.717) is 24.2 Å². The van der Waals surface area contributed by atoms with E-state index in [2.05, 4.69) is 10.1 Å². The molecular weight excluding hydrogens is 349 g/mol. The number of H-pyrrole nitrogens is 1. The number of nitriles is 1. The summed E-state index contributed by atoms with van der Waals surface area (Å²) in [7, 11) is 1.59. The minimum absolute atomic E-state index is 0.221. The molecule has 7 nitrogen and oxygen atoms in total. The molecule has 8 heteroatoms. The lowest BCUT2D eigenvalue weighted by atomic mass is 10.1. The van der Waals surface area contributed by atoms with Crippen LogP contribution in [-0.4, -0.2) is 39.0 Å². The van der Waals surface area contributed by atoms with Crippen LogP contribution >= 0.6 is 0 Å². The van der Waals surface area contributed by atoms with E-state index in [0.717, 1.165) is 5.56 Å². The predicted octanol–water partition coefficient (Wildman–Crippen LogP) is 2.05. The zero-order chi connectivity index (χ0) is 19.6. The highest BCUT2D eigenvalue weighted by molar-refractivity contribution is 5.99. The molecule has 2 aromatic heterocycles. The first-order chi connectivity index (χ1) is 12.9. The van der Waals surface area contributed by atoms with Crippen LogP contribution in [0.4, 0.5) is 4.39 Å². The van der Waals surface area contributed by atoms with Crippen LogP contribution in [-0.2, 0) is 6.42 Å². The average molecular weight is 367 g/mol. The summed E-state index contributed by atoms with van der Waals surface area (Å²) in [5, 5.41) is 11.4. The Morgan fingerprint density at radius 3 is 2.74 bits per heavy atom. The van der Waals surface area contributed by atoms with Gasteiger partial charge in [-0.1, -0.05) is 12.1 Å². The first kappa shape index (κ1) is 18.3. The molecule has 1 amide bonds. The summed E-state index contributed by atoms with van der Waals surface area (Å²) in [5.74, 6) is -0.657. The molecule has 3 aromatic rings. The van der Waals surface area contributed by atoms with Gasteiger partial charge in [-0.2, -0.15) is 5.26 Å². The van der Waals surface area contributed by atoms with Crippen molar-refractivity contribution in [2.24, 2.45) is 0 Å². The van der Waals surface area contributed by atoms with E-state index < -0.39 is 0 Å². The van der Waals surface area contributed by atoms with Gasteiger partial charge in [0.2, 0.25) is 0 Å². The second kappa shape index (κ2) is 7.41. The third-order valence-electron chi connectivity index (χ3n) is 4.39. The largest absolute Gasteiger partial charge is 0.341 e. The molecule has 0 unspecified atom stereocenters. The Balaban J connectivity index is 1.99. The Kier molecular flexibility index (Phi) is 5.03. The molecule has 0 aliphatic carbocycles. The van der Waals surface area contributed by atoms with Crippen LogP contribution in [0.2, 0.25) is 0 Å². The summed E-state index contributed by atoms with van der Waals surface area (Å²) in [5.41, 5.74) is 1.98. The highest BCUT2D eigenvalue weighted by Gasteiger charge is 2.20. The van der Waals surface area contributed by atoms with Crippen molar-refractivity contribution in [1.82, 2.24) is 19.5 Å². The van der Waals surface area contributed by atoms with Crippen LogP contribution in [0.5, 0.6) is 0 Å². The van der Waals surface area contributed by atoms with Crippen LogP contribution in [0.3, 0.4) is 0 Å². The van der Waals surface area contributed by atoms with E-state index in [-0.39, 0.29) is 34.9 Å². The lowest BCUT2D eigenvalue weighted by Crippen LogP contribution is -2.28. The highest BCUT2D eigenvalue weighted by atomic mass is 19.1. The number of aryl methyl sites for hydroxylation is 1. The number of halogens is 1. The van der Waals surface area contributed by atoms with Crippen LogP contribution in [0, 0.1) is 24.1 Å². The van der Waals surface area contributed by atoms with E-state index in [4.69, 9.17) is 5.26 Å². The van der Waals surface area contributed by atoms with Gasteiger partial charge in [0.05, 0.1) is 12.5 Å². The minimum Gasteiger partial charge on any atom is -0.341 e. The quantitative estimate of drug-likeness (QED) is 0.747. The maximum Gasteiger partial charge on any atom is 0.276 e. The predicted molar refractivity (Wildman–Crippen MR) is 96.9 cm³/mol. The zero-order valence-electron chi connectivity index (χ0n) is 15.0. The molecule has 0 spiro atoms. The van der Waals surface area contributed by atoms with Gasteiger partial charge >= 0.3 is 0 Å². The number of carbonyl (C=O) groups excluding carboxylic acids is 1. The lowest BCUT2D eigenvalue weighted by molar-refractivity contribution is 0.0799. The molecule has 0 radical (unpaired) electrons. The fourth-order valence-electron chi connectivity index (χ4n) is 2.85. The lowest BCUT2D eigenvalue weighted by Gasteiger charge is -2.14. The molecule has 1 aromatic carbocycles. The third-order valence-corrected chi connectivity index (χ3v) is 4.39. The summed E-state index contributed by atoms with van der Waals surface area (Å²) in [6, 6.07) is 7.92. The second-order valence-electron chi connectivity index (χ2n) is 6.27. The zero-order valence-corrected chi connectivity index (χ0v) is 15.0. The number of nitrogens with one attached hydrogen (secondary N) is 1. The van der Waals surface area contributed by atoms with Crippen molar-refractivity contribution in [2.45, 2.75) is 19.8 Å². The molecule has 1 N–H and O–H groups in total.